The van der Waals surface area contributed by atoms with Crippen molar-refractivity contribution in [3.63, 3.8) is 0 Å². The van der Waals surface area contributed by atoms with Crippen LogP contribution in [0.15, 0.2) is 59.5 Å². The molecule has 1 heterocycles. The molecule has 1 amide bonds. The molecule has 3 aromatic rings. The Hall–Kier alpha value is -3.32. The second-order valence-electron chi connectivity index (χ2n) is 9.45. The summed E-state index contributed by atoms with van der Waals surface area (Å²) in [5.74, 6) is 0.0218. The Morgan fingerprint density at radius 1 is 0.914 bits per heavy atom. The number of rotatable bonds is 5. The first-order chi connectivity index (χ1) is 16.5. The molecule has 3 aromatic carbocycles. The molecule has 0 unspecified atom stereocenters. The minimum Gasteiger partial charge on any atom is -0.476 e. The van der Waals surface area contributed by atoms with Gasteiger partial charge in [0.15, 0.2) is 6.10 Å². The number of nitrogens with one attached hydrogen (secondary N) is 1. The maximum atomic E-state index is 13.6. The van der Waals surface area contributed by atoms with Gasteiger partial charge in [-0.2, -0.15) is 0 Å². The van der Waals surface area contributed by atoms with E-state index in [9.17, 15) is 13.2 Å². The highest BCUT2D eigenvalue weighted by atomic mass is 32.2. The highest BCUT2D eigenvalue weighted by Crippen LogP contribution is 2.38. The van der Waals surface area contributed by atoms with Crippen LogP contribution in [0, 0.1) is 34.6 Å². The molecule has 0 aromatic heterocycles. The SMILES string of the molecule is Cc1ccc(S(=O)(=O)N2C[C@@H](C(=O)N[C@@H](C)c3cc(C)c(C)cc3C)Oc3cc(C)ccc32)cc1. The lowest BCUT2D eigenvalue weighted by atomic mass is 9.96. The molecule has 35 heavy (non-hydrogen) atoms. The first-order valence-corrected chi connectivity index (χ1v) is 13.2. The van der Waals surface area contributed by atoms with Gasteiger partial charge in [-0.15, -0.1) is 0 Å². The van der Waals surface area contributed by atoms with E-state index in [2.05, 4.69) is 24.4 Å². The zero-order chi connectivity index (χ0) is 25.5. The van der Waals surface area contributed by atoms with E-state index in [0.29, 0.717) is 11.4 Å². The zero-order valence-corrected chi connectivity index (χ0v) is 21.9. The number of carbonyl (C=O) groups excluding carboxylic acids is 1. The number of anilines is 1. The van der Waals surface area contributed by atoms with E-state index >= 15 is 0 Å². The molecule has 2 atom stereocenters. The lowest BCUT2D eigenvalue weighted by Gasteiger charge is -2.35. The Morgan fingerprint density at radius 2 is 1.54 bits per heavy atom. The van der Waals surface area contributed by atoms with Crippen molar-refractivity contribution in [1.29, 1.82) is 0 Å². The fourth-order valence-electron chi connectivity index (χ4n) is 4.40. The van der Waals surface area contributed by atoms with Crippen LogP contribution in [0.4, 0.5) is 5.69 Å². The van der Waals surface area contributed by atoms with Crippen molar-refractivity contribution in [2.75, 3.05) is 10.8 Å². The molecule has 4 rings (SSSR count). The lowest BCUT2D eigenvalue weighted by molar-refractivity contribution is -0.128. The fraction of sp³-hybridized carbons (Fsp3) is 0.321. The maximum Gasteiger partial charge on any atom is 0.264 e. The van der Waals surface area contributed by atoms with Gasteiger partial charge in [-0.3, -0.25) is 9.10 Å². The average molecular weight is 493 g/mol. The van der Waals surface area contributed by atoms with Crippen LogP contribution in [0.25, 0.3) is 0 Å². The molecule has 184 valence electrons. The monoisotopic (exact) mass is 492 g/mol. The zero-order valence-electron chi connectivity index (χ0n) is 21.0. The summed E-state index contributed by atoms with van der Waals surface area (Å²) in [4.78, 5) is 13.5. The molecule has 0 saturated heterocycles. The molecule has 0 spiro atoms. The molecule has 0 bridgehead atoms. The third-order valence-electron chi connectivity index (χ3n) is 6.59. The number of amides is 1. The van der Waals surface area contributed by atoms with E-state index in [4.69, 9.17) is 4.74 Å². The molecule has 1 N–H and O–H groups in total. The molecular weight excluding hydrogens is 460 g/mol. The summed E-state index contributed by atoms with van der Waals surface area (Å²) in [6.45, 7) is 11.8. The maximum absolute atomic E-state index is 13.6. The van der Waals surface area contributed by atoms with Gasteiger partial charge in [0.25, 0.3) is 15.9 Å². The summed E-state index contributed by atoms with van der Waals surface area (Å²) in [5, 5.41) is 3.03. The second kappa shape index (κ2) is 9.38. The van der Waals surface area contributed by atoms with Crippen molar-refractivity contribution in [2.24, 2.45) is 0 Å². The van der Waals surface area contributed by atoms with Crippen LogP contribution < -0.4 is 14.4 Å². The molecule has 1 aliphatic rings. The van der Waals surface area contributed by atoms with Crippen molar-refractivity contribution in [2.45, 2.75) is 58.6 Å². The number of benzene rings is 3. The quantitative estimate of drug-likeness (QED) is 0.540. The van der Waals surface area contributed by atoms with E-state index in [1.165, 1.54) is 9.87 Å². The van der Waals surface area contributed by atoms with Gasteiger partial charge in [0.05, 0.1) is 23.2 Å². The first kappa shape index (κ1) is 24.8. The molecule has 0 aliphatic carbocycles. The van der Waals surface area contributed by atoms with Crippen molar-refractivity contribution < 1.29 is 17.9 Å². The minimum absolute atomic E-state index is 0.114. The number of carbonyl (C=O) groups is 1. The topological polar surface area (TPSA) is 75.7 Å². The smallest absolute Gasteiger partial charge is 0.264 e. The van der Waals surface area contributed by atoms with Crippen LogP contribution in [0.2, 0.25) is 0 Å². The molecule has 0 saturated carbocycles. The minimum atomic E-state index is -3.90. The van der Waals surface area contributed by atoms with Gasteiger partial charge in [-0.25, -0.2) is 8.42 Å². The third-order valence-corrected chi connectivity index (χ3v) is 8.39. The molecule has 6 nitrogen and oxygen atoms in total. The van der Waals surface area contributed by atoms with E-state index < -0.39 is 16.1 Å². The molecule has 1 aliphatic heterocycles. The van der Waals surface area contributed by atoms with Gasteiger partial charge in [-0.1, -0.05) is 35.9 Å². The number of nitrogens with zero attached hydrogens (tertiary/aromatic N) is 1. The molecule has 0 fully saturated rings. The van der Waals surface area contributed by atoms with Crippen LogP contribution in [0.3, 0.4) is 0 Å². The molecule has 0 radical (unpaired) electrons. The van der Waals surface area contributed by atoms with Gasteiger partial charge in [0.2, 0.25) is 0 Å². The largest absolute Gasteiger partial charge is 0.476 e. The van der Waals surface area contributed by atoms with Crippen LogP contribution in [-0.2, 0) is 14.8 Å². The standard InChI is InChI=1S/C28H32N2O4S/c1-17-7-10-23(11-8-17)35(32,33)30-16-27(34-26-13-18(2)9-12-25(26)30)28(31)29-22(6)24-15-20(4)19(3)14-21(24)5/h7-15,22,27H,16H2,1-6H3,(H,29,31)/t22-,27-/m0/s1. The van der Waals surface area contributed by atoms with Crippen molar-refractivity contribution in [1.82, 2.24) is 5.32 Å². The summed E-state index contributed by atoms with van der Waals surface area (Å²) in [7, 11) is -3.90. The number of ether oxygens (including phenoxy) is 1. The van der Waals surface area contributed by atoms with Crippen molar-refractivity contribution in [3.05, 3.63) is 88.0 Å². The second-order valence-corrected chi connectivity index (χ2v) is 11.3. The first-order valence-electron chi connectivity index (χ1n) is 11.7. The number of aryl methyl sites for hydroxylation is 5. The van der Waals surface area contributed by atoms with E-state index in [-0.39, 0.29) is 23.4 Å². The number of sulfonamides is 1. The van der Waals surface area contributed by atoms with Gasteiger partial charge >= 0.3 is 0 Å². The van der Waals surface area contributed by atoms with E-state index in [1.54, 1.807) is 36.4 Å². The Balaban J connectivity index is 1.65. The van der Waals surface area contributed by atoms with E-state index in [0.717, 1.165) is 27.8 Å². The van der Waals surface area contributed by atoms with Crippen LogP contribution in [0.1, 0.15) is 46.3 Å². The number of hydrogen-bond donors (Lipinski definition) is 1. The highest BCUT2D eigenvalue weighted by molar-refractivity contribution is 7.92. The Kier molecular flexibility index (Phi) is 6.64. The lowest BCUT2D eigenvalue weighted by Crippen LogP contribution is -2.51. The molecule has 7 heteroatoms. The number of hydrogen-bond acceptors (Lipinski definition) is 4. The average Bonchev–Trinajstić information content (AvgIpc) is 2.80. The van der Waals surface area contributed by atoms with Crippen molar-refractivity contribution >= 4 is 21.6 Å². The highest BCUT2D eigenvalue weighted by Gasteiger charge is 2.38. The van der Waals surface area contributed by atoms with Crippen LogP contribution in [-0.4, -0.2) is 27.0 Å². The summed E-state index contributed by atoms with van der Waals surface area (Å²) in [6.07, 6.45) is -0.987. The summed E-state index contributed by atoms with van der Waals surface area (Å²) < 4.78 is 34.6. The summed E-state index contributed by atoms with van der Waals surface area (Å²) >= 11 is 0. The summed E-state index contributed by atoms with van der Waals surface area (Å²) in [5.41, 5.74) is 6.78. The van der Waals surface area contributed by atoms with Gasteiger partial charge in [0, 0.05) is 0 Å². The van der Waals surface area contributed by atoms with Gasteiger partial charge in [-0.05, 0) is 93.6 Å². The van der Waals surface area contributed by atoms with Gasteiger partial charge < -0.3 is 10.1 Å². The normalized spacial score (nSPS) is 16.3. The Labute approximate surface area is 208 Å². The van der Waals surface area contributed by atoms with E-state index in [1.807, 2.05) is 40.7 Å². The third kappa shape index (κ3) is 4.91. The summed E-state index contributed by atoms with van der Waals surface area (Å²) in [6, 6.07) is 16.0. The van der Waals surface area contributed by atoms with Gasteiger partial charge in [0.1, 0.15) is 5.75 Å². The Morgan fingerprint density at radius 3 is 2.23 bits per heavy atom. The van der Waals surface area contributed by atoms with Crippen LogP contribution in [0.5, 0.6) is 5.75 Å². The number of fused-ring (bicyclic) bond motifs is 1. The predicted molar refractivity (Wildman–Crippen MR) is 139 cm³/mol. The van der Waals surface area contributed by atoms with Crippen molar-refractivity contribution in [3.8, 4) is 5.75 Å². The van der Waals surface area contributed by atoms with Crippen LogP contribution >= 0.6 is 0 Å². The predicted octanol–water partition coefficient (Wildman–Crippen LogP) is 5.06. The molecular formula is C28H32N2O4S. The Bertz CT molecular complexity index is 1380. The fourth-order valence-corrected chi connectivity index (χ4v) is 5.87.